The number of hydrogen-bond donors (Lipinski definition) is 2. The summed E-state index contributed by atoms with van der Waals surface area (Å²) in [6, 6.07) is 16.0. The molecule has 1 aliphatic rings. The fraction of sp³-hybridized carbons (Fsp3) is 0.125. The summed E-state index contributed by atoms with van der Waals surface area (Å²) >= 11 is 0. The molecule has 2 aromatic rings. The quantitative estimate of drug-likeness (QED) is 0.883. The van der Waals surface area contributed by atoms with Crippen molar-refractivity contribution in [1.82, 2.24) is 0 Å². The number of benzene rings is 2. The number of rotatable bonds is 2. The van der Waals surface area contributed by atoms with Crippen molar-refractivity contribution in [3.05, 3.63) is 59.7 Å². The Balaban J connectivity index is 2.04. The predicted molar refractivity (Wildman–Crippen MR) is 76.3 cm³/mol. The highest BCUT2D eigenvalue weighted by Crippen LogP contribution is 2.37. The van der Waals surface area contributed by atoms with Gasteiger partial charge in [-0.15, -0.1) is 0 Å². The topological polar surface area (TPSA) is 82.3 Å². The van der Waals surface area contributed by atoms with Gasteiger partial charge in [0.1, 0.15) is 12.4 Å². The lowest BCUT2D eigenvalue weighted by molar-refractivity contribution is 0.0697. The molecular weight excluding hydrogens is 268 g/mol. The summed E-state index contributed by atoms with van der Waals surface area (Å²) < 4.78 is 5.64. The molecule has 0 aromatic heterocycles. The molecule has 0 saturated heterocycles. The van der Waals surface area contributed by atoms with E-state index >= 15 is 0 Å². The van der Waals surface area contributed by atoms with Crippen LogP contribution >= 0.6 is 0 Å². The van der Waals surface area contributed by atoms with Crippen molar-refractivity contribution in [1.29, 1.82) is 5.26 Å². The molecule has 0 radical (unpaired) electrons. The number of carboxylic acid groups (broad SMARTS) is 1. The Morgan fingerprint density at radius 2 is 2.05 bits per heavy atom. The Labute approximate surface area is 121 Å². The maximum Gasteiger partial charge on any atom is 0.335 e. The van der Waals surface area contributed by atoms with Crippen LogP contribution in [0.5, 0.6) is 5.75 Å². The number of nitrogens with zero attached hydrogens (tertiary/aromatic N) is 1. The summed E-state index contributed by atoms with van der Waals surface area (Å²) in [5.41, 5.74) is 0.405. The van der Waals surface area contributed by atoms with Gasteiger partial charge in [-0.3, -0.25) is 0 Å². The average molecular weight is 280 g/mol. The largest absolute Gasteiger partial charge is 0.487 e. The van der Waals surface area contributed by atoms with E-state index in [1.165, 1.54) is 12.1 Å². The van der Waals surface area contributed by atoms with Crippen LogP contribution < -0.4 is 10.1 Å². The molecule has 2 aromatic carbocycles. The number of carboxylic acids is 1. The third kappa shape index (κ3) is 2.17. The zero-order chi connectivity index (χ0) is 14.9. The highest BCUT2D eigenvalue weighted by molar-refractivity contribution is 5.89. The van der Waals surface area contributed by atoms with Crippen molar-refractivity contribution in [2.45, 2.75) is 5.54 Å². The first-order valence-corrected chi connectivity index (χ1v) is 6.40. The highest BCUT2D eigenvalue weighted by atomic mass is 16.5. The van der Waals surface area contributed by atoms with Crippen molar-refractivity contribution in [3.63, 3.8) is 0 Å². The zero-order valence-corrected chi connectivity index (χ0v) is 11.0. The molecule has 0 bridgehead atoms. The summed E-state index contributed by atoms with van der Waals surface area (Å²) in [5, 5.41) is 21.8. The fourth-order valence-electron chi connectivity index (χ4n) is 2.34. The monoisotopic (exact) mass is 280 g/mol. The van der Waals surface area contributed by atoms with E-state index in [-0.39, 0.29) is 12.2 Å². The van der Waals surface area contributed by atoms with E-state index in [0.717, 1.165) is 5.56 Å². The summed E-state index contributed by atoms with van der Waals surface area (Å²) in [6.07, 6.45) is 0. The Morgan fingerprint density at radius 3 is 2.71 bits per heavy atom. The second-order valence-corrected chi connectivity index (χ2v) is 4.81. The summed E-state index contributed by atoms with van der Waals surface area (Å²) in [5.74, 6) is -0.478. The van der Waals surface area contributed by atoms with Crippen LogP contribution in [-0.4, -0.2) is 17.7 Å². The van der Waals surface area contributed by atoms with Crippen LogP contribution in [0, 0.1) is 11.3 Å². The Hall–Kier alpha value is -3.00. The summed E-state index contributed by atoms with van der Waals surface area (Å²) in [6.45, 7) is 0.160. The normalized spacial score (nSPS) is 19.6. The van der Waals surface area contributed by atoms with Gasteiger partial charge in [0, 0.05) is 0 Å². The third-order valence-corrected chi connectivity index (χ3v) is 3.48. The lowest BCUT2D eigenvalue weighted by Gasteiger charge is -2.34. The molecule has 1 atom stereocenters. The fourth-order valence-corrected chi connectivity index (χ4v) is 2.34. The molecule has 1 aliphatic heterocycles. The number of carbonyl (C=O) groups is 1. The molecule has 2 N–H and O–H groups in total. The molecule has 3 rings (SSSR count). The Bertz CT molecular complexity index is 737. The van der Waals surface area contributed by atoms with Crippen LogP contribution in [0.2, 0.25) is 0 Å². The molecule has 21 heavy (non-hydrogen) atoms. The number of nitriles is 1. The van der Waals surface area contributed by atoms with Gasteiger partial charge >= 0.3 is 5.97 Å². The Kier molecular flexibility index (Phi) is 2.99. The lowest BCUT2D eigenvalue weighted by Crippen LogP contribution is -2.42. The van der Waals surface area contributed by atoms with E-state index in [2.05, 4.69) is 11.4 Å². The molecular formula is C16H12N2O3. The zero-order valence-electron chi connectivity index (χ0n) is 11.0. The van der Waals surface area contributed by atoms with Crippen LogP contribution in [0.3, 0.4) is 0 Å². The molecule has 1 heterocycles. The van der Waals surface area contributed by atoms with Gasteiger partial charge in [0.2, 0.25) is 0 Å². The van der Waals surface area contributed by atoms with Gasteiger partial charge in [-0.1, -0.05) is 30.3 Å². The minimum absolute atomic E-state index is 0.145. The number of anilines is 1. The SMILES string of the molecule is N#CC1(c2ccccc2)COc2ccc(C(=O)O)cc2N1. The molecule has 0 saturated carbocycles. The summed E-state index contributed by atoms with van der Waals surface area (Å²) in [7, 11) is 0. The number of ether oxygens (including phenoxy) is 1. The van der Waals surface area contributed by atoms with Gasteiger partial charge in [-0.05, 0) is 23.8 Å². The van der Waals surface area contributed by atoms with Crippen LogP contribution in [0.4, 0.5) is 5.69 Å². The van der Waals surface area contributed by atoms with E-state index in [1.807, 2.05) is 30.3 Å². The van der Waals surface area contributed by atoms with Gasteiger partial charge in [0.15, 0.2) is 5.54 Å². The maximum atomic E-state index is 11.1. The van der Waals surface area contributed by atoms with Crippen LogP contribution in [0.15, 0.2) is 48.5 Å². The number of hydrogen-bond acceptors (Lipinski definition) is 4. The van der Waals surface area contributed by atoms with Crippen molar-refractivity contribution in [2.24, 2.45) is 0 Å². The first kappa shape index (κ1) is 13.0. The van der Waals surface area contributed by atoms with Gasteiger partial charge in [0.05, 0.1) is 17.3 Å². The number of nitrogens with one attached hydrogen (secondary N) is 1. The van der Waals surface area contributed by atoms with Crippen molar-refractivity contribution in [2.75, 3.05) is 11.9 Å². The second kappa shape index (κ2) is 4.84. The predicted octanol–water partition coefficient (Wildman–Crippen LogP) is 2.61. The minimum atomic E-state index is -1.02. The van der Waals surface area contributed by atoms with Crippen LogP contribution in [0.25, 0.3) is 0 Å². The van der Waals surface area contributed by atoms with Gasteiger partial charge in [-0.2, -0.15) is 5.26 Å². The van der Waals surface area contributed by atoms with E-state index < -0.39 is 11.5 Å². The van der Waals surface area contributed by atoms with Gasteiger partial charge in [0.25, 0.3) is 0 Å². The second-order valence-electron chi connectivity index (χ2n) is 4.81. The van der Waals surface area contributed by atoms with Crippen molar-refractivity contribution >= 4 is 11.7 Å². The maximum absolute atomic E-state index is 11.1. The van der Waals surface area contributed by atoms with E-state index in [4.69, 9.17) is 9.84 Å². The van der Waals surface area contributed by atoms with E-state index in [9.17, 15) is 10.1 Å². The Morgan fingerprint density at radius 1 is 1.29 bits per heavy atom. The molecule has 0 amide bonds. The first-order valence-electron chi connectivity index (χ1n) is 6.40. The first-order chi connectivity index (χ1) is 10.1. The molecule has 0 spiro atoms. The van der Waals surface area contributed by atoms with Gasteiger partial charge < -0.3 is 15.2 Å². The third-order valence-electron chi connectivity index (χ3n) is 3.48. The molecule has 104 valence electrons. The highest BCUT2D eigenvalue weighted by Gasteiger charge is 2.37. The number of aromatic carboxylic acids is 1. The van der Waals surface area contributed by atoms with Crippen LogP contribution in [-0.2, 0) is 5.54 Å². The average Bonchev–Trinajstić information content (AvgIpc) is 2.54. The van der Waals surface area contributed by atoms with E-state index in [0.29, 0.717) is 11.4 Å². The van der Waals surface area contributed by atoms with Crippen LogP contribution in [0.1, 0.15) is 15.9 Å². The number of fused-ring (bicyclic) bond motifs is 1. The van der Waals surface area contributed by atoms with Gasteiger partial charge in [-0.25, -0.2) is 4.79 Å². The standard InChI is InChI=1S/C16H12N2O3/c17-9-16(12-4-2-1-3-5-12)10-21-14-7-6-11(15(19)20)8-13(14)18-16/h1-8,18H,10H2,(H,19,20). The lowest BCUT2D eigenvalue weighted by atomic mass is 9.90. The molecule has 0 aliphatic carbocycles. The minimum Gasteiger partial charge on any atom is -0.487 e. The summed E-state index contributed by atoms with van der Waals surface area (Å²) in [4.78, 5) is 11.1. The van der Waals surface area contributed by atoms with Crippen molar-refractivity contribution < 1.29 is 14.6 Å². The molecule has 1 unspecified atom stereocenters. The smallest absolute Gasteiger partial charge is 0.335 e. The van der Waals surface area contributed by atoms with E-state index in [1.54, 1.807) is 6.07 Å². The molecule has 0 fully saturated rings. The van der Waals surface area contributed by atoms with Crippen molar-refractivity contribution in [3.8, 4) is 11.8 Å². The molecule has 5 heteroatoms. The molecule has 5 nitrogen and oxygen atoms in total.